The van der Waals surface area contributed by atoms with Gasteiger partial charge in [-0.25, -0.2) is 0 Å². The van der Waals surface area contributed by atoms with E-state index in [-0.39, 0.29) is 0 Å². The molecule has 1 N–H and O–H groups in total. The van der Waals surface area contributed by atoms with Crippen molar-refractivity contribution in [3.8, 4) is 6.07 Å². The van der Waals surface area contributed by atoms with Gasteiger partial charge in [-0.15, -0.1) is 5.10 Å². The topological polar surface area (TPSA) is 81.0 Å². The van der Waals surface area contributed by atoms with Gasteiger partial charge < -0.3 is 10.2 Å². The van der Waals surface area contributed by atoms with Gasteiger partial charge in [0.2, 0.25) is 5.95 Å². The van der Waals surface area contributed by atoms with Crippen LogP contribution >= 0.6 is 0 Å². The summed E-state index contributed by atoms with van der Waals surface area (Å²) >= 11 is 0. The molecule has 1 aliphatic heterocycles. The Hall–Kier alpha value is -3.76. The molecular formula is C23H23N7. The van der Waals surface area contributed by atoms with Gasteiger partial charge in [-0.05, 0) is 17.7 Å². The monoisotopic (exact) mass is 397 g/mol. The molecule has 0 unspecified atom stereocenters. The van der Waals surface area contributed by atoms with Crippen molar-refractivity contribution in [1.29, 1.82) is 5.26 Å². The van der Waals surface area contributed by atoms with E-state index in [1.54, 1.807) is 12.3 Å². The average Bonchev–Trinajstić information content (AvgIpc) is 2.81. The van der Waals surface area contributed by atoms with E-state index in [2.05, 4.69) is 60.7 Å². The van der Waals surface area contributed by atoms with Crippen molar-refractivity contribution in [2.75, 3.05) is 42.9 Å². The molecule has 1 aromatic heterocycles. The highest BCUT2D eigenvalue weighted by Crippen LogP contribution is 2.20. The Morgan fingerprint density at radius 2 is 1.77 bits per heavy atom. The van der Waals surface area contributed by atoms with Gasteiger partial charge in [0.25, 0.3) is 0 Å². The molecule has 0 atom stereocenters. The lowest BCUT2D eigenvalue weighted by Gasteiger charge is -2.33. The molecular weight excluding hydrogens is 374 g/mol. The quantitative estimate of drug-likeness (QED) is 0.683. The Bertz CT molecular complexity index is 1030. The number of nitriles is 1. The summed E-state index contributed by atoms with van der Waals surface area (Å²) in [6.45, 7) is 4.50. The third-order valence-corrected chi connectivity index (χ3v) is 4.99. The van der Waals surface area contributed by atoms with Gasteiger partial charge in [0, 0.05) is 32.7 Å². The largest absolute Gasteiger partial charge is 0.338 e. The van der Waals surface area contributed by atoms with E-state index in [1.165, 1.54) is 5.56 Å². The van der Waals surface area contributed by atoms with Gasteiger partial charge in [0.1, 0.15) is 6.07 Å². The van der Waals surface area contributed by atoms with Crippen LogP contribution < -0.4 is 10.2 Å². The van der Waals surface area contributed by atoms with Gasteiger partial charge >= 0.3 is 0 Å². The summed E-state index contributed by atoms with van der Waals surface area (Å²) in [5.41, 5.74) is 2.49. The SMILES string of the molecule is N#Cc1ccccc1Nc1cnnc(N2CCN(C/C=C/c3ccccc3)CC2)n1. The first-order valence-corrected chi connectivity index (χ1v) is 9.96. The van der Waals surface area contributed by atoms with E-state index in [0.717, 1.165) is 32.7 Å². The minimum atomic E-state index is 0.565. The molecule has 150 valence electrons. The number of anilines is 3. The van der Waals surface area contributed by atoms with Crippen molar-refractivity contribution in [3.05, 3.63) is 78.0 Å². The van der Waals surface area contributed by atoms with Crippen molar-refractivity contribution in [2.45, 2.75) is 0 Å². The maximum Gasteiger partial charge on any atom is 0.247 e. The minimum absolute atomic E-state index is 0.565. The highest BCUT2D eigenvalue weighted by atomic mass is 15.4. The van der Waals surface area contributed by atoms with Crippen molar-refractivity contribution < 1.29 is 0 Å². The molecule has 0 spiro atoms. The Morgan fingerprint density at radius 1 is 1.00 bits per heavy atom. The fourth-order valence-corrected chi connectivity index (χ4v) is 3.35. The van der Waals surface area contributed by atoms with Crippen molar-refractivity contribution in [1.82, 2.24) is 20.1 Å². The molecule has 1 saturated heterocycles. The molecule has 2 aromatic carbocycles. The molecule has 0 bridgehead atoms. The van der Waals surface area contributed by atoms with Crippen LogP contribution in [0.4, 0.5) is 17.5 Å². The van der Waals surface area contributed by atoms with Crippen LogP contribution in [0, 0.1) is 11.3 Å². The van der Waals surface area contributed by atoms with Crippen molar-refractivity contribution >= 4 is 23.5 Å². The number of benzene rings is 2. The lowest BCUT2D eigenvalue weighted by atomic mass is 10.2. The third kappa shape index (κ3) is 4.99. The number of nitrogens with zero attached hydrogens (tertiary/aromatic N) is 6. The minimum Gasteiger partial charge on any atom is -0.338 e. The number of hydrogen-bond acceptors (Lipinski definition) is 7. The zero-order valence-electron chi connectivity index (χ0n) is 16.6. The Morgan fingerprint density at radius 3 is 2.57 bits per heavy atom. The average molecular weight is 397 g/mol. The smallest absolute Gasteiger partial charge is 0.247 e. The number of para-hydroxylation sites is 1. The Labute approximate surface area is 176 Å². The molecule has 7 heteroatoms. The van der Waals surface area contributed by atoms with Crippen LogP contribution in [0.15, 0.2) is 66.9 Å². The normalized spacial score (nSPS) is 14.6. The highest BCUT2D eigenvalue weighted by molar-refractivity contribution is 5.64. The first-order valence-electron chi connectivity index (χ1n) is 9.96. The number of nitrogens with one attached hydrogen (secondary N) is 1. The second kappa shape index (κ2) is 9.63. The summed E-state index contributed by atoms with van der Waals surface area (Å²) in [7, 11) is 0. The van der Waals surface area contributed by atoms with Crippen LogP contribution in [0.5, 0.6) is 0 Å². The summed E-state index contributed by atoms with van der Waals surface area (Å²) in [5.74, 6) is 1.19. The van der Waals surface area contributed by atoms with Crippen LogP contribution in [0.1, 0.15) is 11.1 Å². The van der Waals surface area contributed by atoms with Gasteiger partial charge in [-0.3, -0.25) is 4.90 Å². The van der Waals surface area contributed by atoms with Crippen LogP contribution in [-0.4, -0.2) is 52.8 Å². The maximum atomic E-state index is 9.25. The van der Waals surface area contributed by atoms with Crippen LogP contribution in [0.2, 0.25) is 0 Å². The number of hydrogen-bond donors (Lipinski definition) is 1. The Kier molecular flexibility index (Phi) is 6.28. The van der Waals surface area contributed by atoms with Crippen molar-refractivity contribution in [3.63, 3.8) is 0 Å². The molecule has 0 saturated carbocycles. The van der Waals surface area contributed by atoms with E-state index in [0.29, 0.717) is 23.0 Å². The predicted octanol–water partition coefficient (Wildman–Crippen LogP) is 3.32. The fourth-order valence-electron chi connectivity index (χ4n) is 3.35. The zero-order chi connectivity index (χ0) is 20.6. The molecule has 4 rings (SSSR count). The molecule has 1 aliphatic rings. The number of aromatic nitrogens is 3. The summed E-state index contributed by atoms with van der Waals surface area (Å²) in [6, 6.07) is 19.8. The highest BCUT2D eigenvalue weighted by Gasteiger charge is 2.19. The van der Waals surface area contributed by atoms with E-state index in [4.69, 9.17) is 0 Å². The molecule has 0 aliphatic carbocycles. The Balaban J connectivity index is 1.33. The summed E-state index contributed by atoms with van der Waals surface area (Å²) in [4.78, 5) is 9.15. The van der Waals surface area contributed by atoms with Crippen molar-refractivity contribution in [2.24, 2.45) is 0 Å². The lowest BCUT2D eigenvalue weighted by Crippen LogP contribution is -2.47. The van der Waals surface area contributed by atoms with Crippen LogP contribution in [-0.2, 0) is 0 Å². The van der Waals surface area contributed by atoms with E-state index >= 15 is 0 Å². The second-order valence-corrected chi connectivity index (χ2v) is 7.02. The third-order valence-electron chi connectivity index (χ3n) is 4.99. The van der Waals surface area contributed by atoms with Gasteiger partial charge in [0.15, 0.2) is 5.82 Å². The van der Waals surface area contributed by atoms with E-state index < -0.39 is 0 Å². The summed E-state index contributed by atoms with van der Waals surface area (Å²) in [6.07, 6.45) is 5.94. The lowest BCUT2D eigenvalue weighted by molar-refractivity contribution is 0.282. The maximum absolute atomic E-state index is 9.25. The number of piperazine rings is 1. The number of rotatable bonds is 6. The summed E-state index contributed by atoms with van der Waals surface area (Å²) in [5, 5.41) is 20.7. The van der Waals surface area contributed by atoms with E-state index in [1.807, 2.05) is 36.4 Å². The molecule has 2 heterocycles. The first-order chi connectivity index (χ1) is 14.8. The standard InChI is InChI=1S/C23H23N7/c24-17-20-10-4-5-11-21(20)26-22-18-25-28-23(27-22)30-15-13-29(14-16-30)12-6-9-19-7-2-1-3-8-19/h1-11,18H,12-16H2,(H,26,27,28)/b9-6+. The van der Waals surface area contributed by atoms with Crippen LogP contribution in [0.25, 0.3) is 6.08 Å². The molecule has 0 amide bonds. The zero-order valence-corrected chi connectivity index (χ0v) is 16.6. The van der Waals surface area contributed by atoms with Gasteiger partial charge in [0.05, 0.1) is 17.4 Å². The van der Waals surface area contributed by atoms with Gasteiger partial charge in [-0.1, -0.05) is 54.6 Å². The molecule has 1 fully saturated rings. The van der Waals surface area contributed by atoms with Crippen LogP contribution in [0.3, 0.4) is 0 Å². The predicted molar refractivity (Wildman–Crippen MR) is 118 cm³/mol. The summed E-state index contributed by atoms with van der Waals surface area (Å²) < 4.78 is 0. The first kappa shape index (κ1) is 19.6. The second-order valence-electron chi connectivity index (χ2n) is 7.02. The molecule has 0 radical (unpaired) electrons. The molecule has 7 nitrogen and oxygen atoms in total. The van der Waals surface area contributed by atoms with E-state index in [9.17, 15) is 5.26 Å². The van der Waals surface area contributed by atoms with Gasteiger partial charge in [-0.2, -0.15) is 15.3 Å². The fraction of sp³-hybridized carbons (Fsp3) is 0.217. The molecule has 30 heavy (non-hydrogen) atoms. The molecule has 3 aromatic rings.